The lowest BCUT2D eigenvalue weighted by Gasteiger charge is -2.10. The Hall–Kier alpha value is -0.580. The molecule has 4 nitrogen and oxygen atoms in total. The minimum atomic E-state index is -3.13. The van der Waals surface area contributed by atoms with Gasteiger partial charge in [-0.2, -0.15) is 0 Å². The zero-order valence-corrected chi connectivity index (χ0v) is 10.6. The average Bonchev–Trinajstić information content (AvgIpc) is 2.13. The summed E-state index contributed by atoms with van der Waals surface area (Å²) in [6, 6.07) is 0. The van der Waals surface area contributed by atoms with E-state index in [9.17, 15) is 13.2 Å². The van der Waals surface area contributed by atoms with E-state index < -0.39 is 21.7 Å². The van der Waals surface area contributed by atoms with E-state index in [1.54, 1.807) is 6.92 Å². The van der Waals surface area contributed by atoms with Crippen LogP contribution in [0.2, 0.25) is 0 Å². The number of ether oxygens (including phenoxy) is 1. The van der Waals surface area contributed by atoms with Gasteiger partial charge in [0.05, 0.1) is 24.5 Å². The number of carbonyl (C=O) groups excluding carboxylic acids is 1. The van der Waals surface area contributed by atoms with E-state index in [1.807, 2.05) is 13.8 Å². The van der Waals surface area contributed by atoms with Gasteiger partial charge in [0.25, 0.3) is 0 Å². The molecule has 0 saturated carbocycles. The van der Waals surface area contributed by atoms with Gasteiger partial charge >= 0.3 is 5.97 Å². The SMILES string of the molecule is COC(=O)C(C)CS(=O)(=O)CCC(C)C. The van der Waals surface area contributed by atoms with Gasteiger partial charge in [0.1, 0.15) is 0 Å². The van der Waals surface area contributed by atoms with Crippen LogP contribution >= 0.6 is 0 Å². The topological polar surface area (TPSA) is 60.4 Å². The zero-order valence-electron chi connectivity index (χ0n) is 9.82. The first-order chi connectivity index (χ1) is 6.78. The summed E-state index contributed by atoms with van der Waals surface area (Å²) in [4.78, 5) is 11.0. The fourth-order valence-electron chi connectivity index (χ4n) is 1.15. The Balaban J connectivity index is 4.20. The summed E-state index contributed by atoms with van der Waals surface area (Å²) in [5, 5.41) is 0. The van der Waals surface area contributed by atoms with Crippen molar-refractivity contribution >= 4 is 15.8 Å². The molecule has 0 saturated heterocycles. The van der Waals surface area contributed by atoms with Crippen LogP contribution in [0, 0.1) is 11.8 Å². The van der Waals surface area contributed by atoms with Crippen molar-refractivity contribution in [1.82, 2.24) is 0 Å². The molecule has 0 bridgehead atoms. The molecule has 0 aliphatic rings. The first-order valence-corrected chi connectivity index (χ1v) is 6.89. The third-order valence-electron chi connectivity index (χ3n) is 2.11. The highest BCUT2D eigenvalue weighted by Crippen LogP contribution is 2.08. The van der Waals surface area contributed by atoms with Crippen molar-refractivity contribution in [3.05, 3.63) is 0 Å². The average molecular weight is 236 g/mol. The van der Waals surface area contributed by atoms with Gasteiger partial charge < -0.3 is 4.74 Å². The molecule has 0 aliphatic heterocycles. The van der Waals surface area contributed by atoms with Gasteiger partial charge in [0.15, 0.2) is 9.84 Å². The van der Waals surface area contributed by atoms with Crippen LogP contribution in [-0.4, -0.2) is 33.0 Å². The van der Waals surface area contributed by atoms with E-state index in [-0.39, 0.29) is 11.5 Å². The number of methoxy groups -OCH3 is 1. The Labute approximate surface area is 91.9 Å². The van der Waals surface area contributed by atoms with Crippen molar-refractivity contribution in [2.75, 3.05) is 18.6 Å². The zero-order chi connectivity index (χ0) is 12.1. The smallest absolute Gasteiger partial charge is 0.309 e. The summed E-state index contributed by atoms with van der Waals surface area (Å²) in [5.74, 6) is -0.665. The lowest BCUT2D eigenvalue weighted by atomic mass is 10.2. The highest BCUT2D eigenvalue weighted by molar-refractivity contribution is 7.91. The quantitative estimate of drug-likeness (QED) is 0.651. The molecule has 0 aromatic carbocycles. The Morgan fingerprint density at radius 3 is 2.20 bits per heavy atom. The number of hydrogen-bond acceptors (Lipinski definition) is 4. The van der Waals surface area contributed by atoms with Crippen LogP contribution in [0.15, 0.2) is 0 Å². The van der Waals surface area contributed by atoms with Crippen molar-refractivity contribution in [2.24, 2.45) is 11.8 Å². The van der Waals surface area contributed by atoms with Gasteiger partial charge in [0, 0.05) is 0 Å². The summed E-state index contributed by atoms with van der Waals surface area (Å²) in [7, 11) is -1.87. The molecule has 0 spiro atoms. The fraction of sp³-hybridized carbons (Fsp3) is 0.900. The van der Waals surface area contributed by atoms with Crippen molar-refractivity contribution in [1.29, 1.82) is 0 Å². The summed E-state index contributed by atoms with van der Waals surface area (Å²) < 4.78 is 27.6. The molecule has 1 atom stereocenters. The van der Waals surface area contributed by atoms with Crippen molar-refractivity contribution in [3.8, 4) is 0 Å². The molecule has 1 unspecified atom stereocenters. The van der Waals surface area contributed by atoms with Crippen LogP contribution < -0.4 is 0 Å². The van der Waals surface area contributed by atoms with E-state index >= 15 is 0 Å². The summed E-state index contributed by atoms with van der Waals surface area (Å²) >= 11 is 0. The maximum atomic E-state index is 11.6. The highest BCUT2D eigenvalue weighted by atomic mass is 32.2. The van der Waals surface area contributed by atoms with Gasteiger partial charge in [-0.05, 0) is 12.3 Å². The van der Waals surface area contributed by atoms with Crippen LogP contribution in [-0.2, 0) is 19.4 Å². The molecule has 0 fully saturated rings. The van der Waals surface area contributed by atoms with E-state index in [4.69, 9.17) is 0 Å². The highest BCUT2D eigenvalue weighted by Gasteiger charge is 2.21. The lowest BCUT2D eigenvalue weighted by molar-refractivity contribution is -0.144. The first-order valence-electron chi connectivity index (χ1n) is 5.06. The minimum Gasteiger partial charge on any atom is -0.469 e. The largest absolute Gasteiger partial charge is 0.469 e. The van der Waals surface area contributed by atoms with Gasteiger partial charge in [0.2, 0.25) is 0 Å². The predicted octanol–water partition coefficient (Wildman–Crippen LogP) is 1.26. The van der Waals surface area contributed by atoms with Crippen molar-refractivity contribution < 1.29 is 17.9 Å². The molecule has 5 heteroatoms. The minimum absolute atomic E-state index is 0.119. The molecule has 90 valence electrons. The predicted molar refractivity (Wildman–Crippen MR) is 59.3 cm³/mol. The van der Waals surface area contributed by atoms with Crippen LogP contribution in [0.1, 0.15) is 27.2 Å². The molecular weight excluding hydrogens is 216 g/mol. The van der Waals surface area contributed by atoms with Crippen LogP contribution in [0.3, 0.4) is 0 Å². The molecule has 0 amide bonds. The first kappa shape index (κ1) is 14.4. The second-order valence-electron chi connectivity index (χ2n) is 4.22. The van der Waals surface area contributed by atoms with Crippen LogP contribution in [0.25, 0.3) is 0 Å². The lowest BCUT2D eigenvalue weighted by Crippen LogP contribution is -2.24. The van der Waals surface area contributed by atoms with E-state index in [1.165, 1.54) is 7.11 Å². The van der Waals surface area contributed by atoms with Crippen LogP contribution in [0.4, 0.5) is 0 Å². The molecule has 15 heavy (non-hydrogen) atoms. The number of sulfone groups is 1. The number of rotatable bonds is 6. The second kappa shape index (κ2) is 6.10. The normalized spacial score (nSPS) is 13.9. The Bertz CT molecular complexity index is 293. The molecule has 0 aromatic rings. The fourth-order valence-corrected chi connectivity index (χ4v) is 3.04. The summed E-state index contributed by atoms with van der Waals surface area (Å²) in [5.41, 5.74) is 0. The third-order valence-corrected chi connectivity index (χ3v) is 3.98. The molecule has 0 heterocycles. The molecule has 0 aliphatic carbocycles. The molecule has 0 radical (unpaired) electrons. The number of carbonyl (C=O) groups is 1. The van der Waals surface area contributed by atoms with Crippen molar-refractivity contribution in [2.45, 2.75) is 27.2 Å². The number of esters is 1. The van der Waals surface area contributed by atoms with E-state index in [2.05, 4.69) is 4.74 Å². The van der Waals surface area contributed by atoms with Crippen LogP contribution in [0.5, 0.6) is 0 Å². The third kappa shape index (κ3) is 6.49. The van der Waals surface area contributed by atoms with Gasteiger partial charge in [-0.1, -0.05) is 20.8 Å². The second-order valence-corrected chi connectivity index (χ2v) is 6.45. The van der Waals surface area contributed by atoms with Gasteiger partial charge in [-0.3, -0.25) is 4.79 Å². The molecular formula is C10H20O4S. The summed E-state index contributed by atoms with van der Waals surface area (Å²) in [6.07, 6.45) is 0.635. The standard InChI is InChI=1S/C10H20O4S/c1-8(2)5-6-15(12,13)7-9(3)10(11)14-4/h8-9H,5-7H2,1-4H3. The Kier molecular flexibility index (Phi) is 5.87. The Morgan fingerprint density at radius 1 is 1.27 bits per heavy atom. The van der Waals surface area contributed by atoms with Crippen molar-refractivity contribution in [3.63, 3.8) is 0 Å². The number of hydrogen-bond donors (Lipinski definition) is 0. The molecule has 0 rings (SSSR count). The summed E-state index contributed by atoms with van der Waals surface area (Å²) in [6.45, 7) is 5.51. The Morgan fingerprint density at radius 2 is 1.80 bits per heavy atom. The van der Waals surface area contributed by atoms with Gasteiger partial charge in [-0.15, -0.1) is 0 Å². The monoisotopic (exact) mass is 236 g/mol. The molecule has 0 aromatic heterocycles. The maximum Gasteiger partial charge on any atom is 0.309 e. The van der Waals surface area contributed by atoms with E-state index in [0.29, 0.717) is 12.3 Å². The van der Waals surface area contributed by atoms with Gasteiger partial charge in [-0.25, -0.2) is 8.42 Å². The van der Waals surface area contributed by atoms with E-state index in [0.717, 1.165) is 0 Å². The maximum absolute atomic E-state index is 11.6. The molecule has 0 N–H and O–H groups in total.